The highest BCUT2D eigenvalue weighted by Crippen LogP contribution is 2.20. The summed E-state index contributed by atoms with van der Waals surface area (Å²) in [4.78, 5) is 0. The van der Waals surface area contributed by atoms with Gasteiger partial charge in [-0.3, -0.25) is 0 Å². The average Bonchev–Trinajstić information content (AvgIpc) is 2.48. The summed E-state index contributed by atoms with van der Waals surface area (Å²) in [5, 5.41) is 12.1. The fourth-order valence-electron chi connectivity index (χ4n) is 1.70. The molecule has 0 unspecified atom stereocenters. The number of nitriles is 1. The molecular formula is C16H14N2O. The number of ether oxygens (including phenoxy) is 1. The molecule has 0 aliphatic carbocycles. The van der Waals surface area contributed by atoms with Crippen molar-refractivity contribution in [2.45, 2.75) is 0 Å². The van der Waals surface area contributed by atoms with Crippen molar-refractivity contribution in [1.29, 1.82) is 5.26 Å². The van der Waals surface area contributed by atoms with Gasteiger partial charge >= 0.3 is 0 Å². The number of anilines is 1. The van der Waals surface area contributed by atoms with Crippen LogP contribution in [0.15, 0.2) is 60.7 Å². The van der Waals surface area contributed by atoms with E-state index < -0.39 is 0 Å². The summed E-state index contributed by atoms with van der Waals surface area (Å²) in [6.45, 7) is 0. The maximum absolute atomic E-state index is 8.87. The first-order chi connectivity index (χ1) is 9.33. The van der Waals surface area contributed by atoms with Crippen LogP contribution in [-0.2, 0) is 0 Å². The Hall–Kier alpha value is -2.73. The zero-order valence-corrected chi connectivity index (χ0v) is 10.6. The zero-order chi connectivity index (χ0) is 13.5. The lowest BCUT2D eigenvalue weighted by Gasteiger charge is -2.10. The summed E-state index contributed by atoms with van der Waals surface area (Å²) in [5.74, 6) is 0.802. The Kier molecular flexibility index (Phi) is 4.20. The second-order valence-electron chi connectivity index (χ2n) is 3.91. The SMILES string of the molecule is COc1ccc(N/C(=C\C#N)c2ccccc2)cc1. The first-order valence-corrected chi connectivity index (χ1v) is 5.90. The molecule has 2 aromatic rings. The molecule has 0 aliphatic rings. The summed E-state index contributed by atoms with van der Waals surface area (Å²) < 4.78 is 5.11. The van der Waals surface area contributed by atoms with Crippen molar-refractivity contribution in [3.8, 4) is 11.8 Å². The van der Waals surface area contributed by atoms with Gasteiger partial charge in [-0.1, -0.05) is 30.3 Å². The van der Waals surface area contributed by atoms with Gasteiger partial charge in [0.1, 0.15) is 5.75 Å². The standard InChI is InChI=1S/C16H14N2O/c1-19-15-9-7-14(8-10-15)18-16(11-12-17)13-5-3-2-4-6-13/h2-11,18H,1H3/b16-11-. The van der Waals surface area contributed by atoms with Gasteiger partial charge in [0.05, 0.1) is 18.9 Å². The van der Waals surface area contributed by atoms with Crippen LogP contribution >= 0.6 is 0 Å². The van der Waals surface area contributed by atoms with Crippen molar-refractivity contribution in [1.82, 2.24) is 0 Å². The number of nitrogens with zero attached hydrogens (tertiary/aromatic N) is 1. The molecular weight excluding hydrogens is 236 g/mol. The molecule has 0 saturated carbocycles. The molecule has 0 spiro atoms. The minimum Gasteiger partial charge on any atom is -0.497 e. The van der Waals surface area contributed by atoms with Crippen LogP contribution in [0.4, 0.5) is 5.69 Å². The Morgan fingerprint density at radius 1 is 1.11 bits per heavy atom. The minimum atomic E-state index is 0.772. The van der Waals surface area contributed by atoms with Crippen LogP contribution in [0.3, 0.4) is 0 Å². The normalized spacial score (nSPS) is 10.6. The van der Waals surface area contributed by atoms with Gasteiger partial charge < -0.3 is 10.1 Å². The van der Waals surface area contributed by atoms with E-state index in [0.717, 1.165) is 22.7 Å². The van der Waals surface area contributed by atoms with Crippen molar-refractivity contribution >= 4 is 11.4 Å². The Morgan fingerprint density at radius 2 is 1.79 bits per heavy atom. The molecule has 3 nitrogen and oxygen atoms in total. The third-order valence-electron chi connectivity index (χ3n) is 2.66. The summed E-state index contributed by atoms with van der Waals surface area (Å²) in [6.07, 6.45) is 1.50. The lowest BCUT2D eigenvalue weighted by atomic mass is 10.1. The molecule has 0 fully saturated rings. The topological polar surface area (TPSA) is 45.0 Å². The molecule has 3 heteroatoms. The van der Waals surface area contributed by atoms with E-state index in [9.17, 15) is 0 Å². The summed E-state index contributed by atoms with van der Waals surface area (Å²) >= 11 is 0. The number of hydrogen-bond donors (Lipinski definition) is 1. The number of nitrogens with one attached hydrogen (secondary N) is 1. The highest BCUT2D eigenvalue weighted by atomic mass is 16.5. The van der Waals surface area contributed by atoms with Crippen molar-refractivity contribution in [3.63, 3.8) is 0 Å². The summed E-state index contributed by atoms with van der Waals surface area (Å²) in [6, 6.07) is 19.4. The number of rotatable bonds is 4. The van der Waals surface area contributed by atoms with Crippen LogP contribution in [0.5, 0.6) is 5.75 Å². The second kappa shape index (κ2) is 6.27. The highest BCUT2D eigenvalue weighted by molar-refractivity contribution is 5.78. The van der Waals surface area contributed by atoms with Gasteiger partial charge in [0.15, 0.2) is 0 Å². The van der Waals surface area contributed by atoms with Gasteiger partial charge in [0.25, 0.3) is 0 Å². The quantitative estimate of drug-likeness (QED) is 0.842. The van der Waals surface area contributed by atoms with Gasteiger partial charge in [0.2, 0.25) is 0 Å². The van der Waals surface area contributed by atoms with E-state index in [1.165, 1.54) is 6.08 Å². The Labute approximate surface area is 112 Å². The molecule has 0 heterocycles. The molecule has 0 atom stereocenters. The number of allylic oxidation sites excluding steroid dienone is 1. The predicted octanol–water partition coefficient (Wildman–Crippen LogP) is 3.67. The third-order valence-corrected chi connectivity index (χ3v) is 2.66. The Morgan fingerprint density at radius 3 is 2.37 bits per heavy atom. The maximum atomic E-state index is 8.87. The lowest BCUT2D eigenvalue weighted by Crippen LogP contribution is -1.98. The van der Waals surface area contributed by atoms with Crippen molar-refractivity contribution in [2.24, 2.45) is 0 Å². The third kappa shape index (κ3) is 3.36. The molecule has 19 heavy (non-hydrogen) atoms. The maximum Gasteiger partial charge on any atom is 0.119 e. The van der Waals surface area contributed by atoms with Crippen LogP contribution < -0.4 is 10.1 Å². The van der Waals surface area contributed by atoms with Crippen molar-refractivity contribution in [3.05, 3.63) is 66.2 Å². The smallest absolute Gasteiger partial charge is 0.119 e. The zero-order valence-electron chi connectivity index (χ0n) is 10.6. The molecule has 2 rings (SSSR count). The van der Waals surface area contributed by atoms with Crippen molar-refractivity contribution in [2.75, 3.05) is 12.4 Å². The van der Waals surface area contributed by atoms with E-state index in [-0.39, 0.29) is 0 Å². The van der Waals surface area contributed by atoms with Gasteiger partial charge in [-0.05, 0) is 29.8 Å². The largest absolute Gasteiger partial charge is 0.497 e. The molecule has 94 valence electrons. The van der Waals surface area contributed by atoms with E-state index in [2.05, 4.69) is 11.4 Å². The minimum absolute atomic E-state index is 0.772. The van der Waals surface area contributed by atoms with Gasteiger partial charge in [0, 0.05) is 11.8 Å². The lowest BCUT2D eigenvalue weighted by molar-refractivity contribution is 0.415. The molecule has 0 bridgehead atoms. The molecule has 0 aromatic heterocycles. The molecule has 2 aromatic carbocycles. The van der Waals surface area contributed by atoms with Crippen LogP contribution in [0.2, 0.25) is 0 Å². The van der Waals surface area contributed by atoms with E-state index in [4.69, 9.17) is 10.00 Å². The summed E-state index contributed by atoms with van der Waals surface area (Å²) in [7, 11) is 1.63. The van der Waals surface area contributed by atoms with Crippen LogP contribution in [0, 0.1) is 11.3 Å². The number of methoxy groups -OCH3 is 1. The molecule has 0 radical (unpaired) electrons. The van der Waals surface area contributed by atoms with Gasteiger partial charge in [-0.2, -0.15) is 5.26 Å². The van der Waals surface area contributed by atoms with Gasteiger partial charge in [-0.15, -0.1) is 0 Å². The monoisotopic (exact) mass is 250 g/mol. The van der Waals surface area contributed by atoms with Gasteiger partial charge in [-0.25, -0.2) is 0 Å². The van der Waals surface area contributed by atoms with Crippen LogP contribution in [0.25, 0.3) is 5.70 Å². The summed E-state index contributed by atoms with van der Waals surface area (Å²) in [5.41, 5.74) is 2.65. The highest BCUT2D eigenvalue weighted by Gasteiger charge is 2.01. The Balaban J connectivity index is 2.22. The number of hydrogen-bond acceptors (Lipinski definition) is 3. The molecule has 1 N–H and O–H groups in total. The Bertz CT molecular complexity index is 595. The van der Waals surface area contributed by atoms with E-state index in [0.29, 0.717) is 0 Å². The second-order valence-corrected chi connectivity index (χ2v) is 3.91. The van der Waals surface area contributed by atoms with E-state index in [1.807, 2.05) is 54.6 Å². The predicted molar refractivity (Wildman–Crippen MR) is 76.6 cm³/mol. The van der Waals surface area contributed by atoms with E-state index in [1.54, 1.807) is 7.11 Å². The van der Waals surface area contributed by atoms with Crippen LogP contribution in [-0.4, -0.2) is 7.11 Å². The first-order valence-electron chi connectivity index (χ1n) is 5.90. The average molecular weight is 250 g/mol. The first kappa shape index (κ1) is 12.7. The fraction of sp³-hybridized carbons (Fsp3) is 0.0625. The number of benzene rings is 2. The van der Waals surface area contributed by atoms with Crippen molar-refractivity contribution < 1.29 is 4.74 Å². The molecule has 0 amide bonds. The molecule has 0 saturated heterocycles. The van der Waals surface area contributed by atoms with E-state index >= 15 is 0 Å². The fourth-order valence-corrected chi connectivity index (χ4v) is 1.70. The van der Waals surface area contributed by atoms with Crippen LogP contribution in [0.1, 0.15) is 5.56 Å². The molecule has 0 aliphatic heterocycles.